The maximum absolute atomic E-state index is 11.9. The summed E-state index contributed by atoms with van der Waals surface area (Å²) in [5, 5.41) is 15.0. The number of aryl methyl sites for hydroxylation is 2. The molecule has 1 unspecified atom stereocenters. The van der Waals surface area contributed by atoms with E-state index in [4.69, 9.17) is 9.63 Å². The summed E-state index contributed by atoms with van der Waals surface area (Å²) in [7, 11) is 0. The number of carboxylic acids is 1. The molecule has 0 radical (unpaired) electrons. The average Bonchev–Trinajstić information content (AvgIpc) is 2.56. The molecule has 1 amide bonds. The third-order valence-electron chi connectivity index (χ3n) is 2.51. The highest BCUT2D eigenvalue weighted by Crippen LogP contribution is 2.12. The number of aromatic nitrogens is 1. The normalized spacial score (nSPS) is 12.2. The quantitative estimate of drug-likeness (QED) is 0.808. The summed E-state index contributed by atoms with van der Waals surface area (Å²) in [6.07, 6.45) is 0.465. The molecular formula is C11H16N2O4. The van der Waals surface area contributed by atoms with Gasteiger partial charge in [-0.05, 0) is 20.3 Å². The molecule has 0 saturated heterocycles. The van der Waals surface area contributed by atoms with Crippen molar-refractivity contribution in [3.63, 3.8) is 0 Å². The van der Waals surface area contributed by atoms with Crippen LogP contribution in [0, 0.1) is 13.8 Å². The summed E-state index contributed by atoms with van der Waals surface area (Å²) < 4.78 is 4.89. The van der Waals surface area contributed by atoms with Crippen molar-refractivity contribution < 1.29 is 19.2 Å². The molecule has 1 rings (SSSR count). The van der Waals surface area contributed by atoms with Crippen molar-refractivity contribution in [1.82, 2.24) is 10.5 Å². The monoisotopic (exact) mass is 240 g/mol. The van der Waals surface area contributed by atoms with E-state index in [9.17, 15) is 9.59 Å². The number of carbonyl (C=O) groups is 2. The van der Waals surface area contributed by atoms with E-state index in [0.717, 1.165) is 0 Å². The maximum atomic E-state index is 11.9. The van der Waals surface area contributed by atoms with E-state index in [0.29, 0.717) is 23.4 Å². The van der Waals surface area contributed by atoms with Crippen LogP contribution in [0.25, 0.3) is 0 Å². The fourth-order valence-electron chi connectivity index (χ4n) is 1.57. The van der Waals surface area contributed by atoms with Crippen LogP contribution >= 0.6 is 0 Å². The third-order valence-corrected chi connectivity index (χ3v) is 2.51. The number of aliphatic carboxylic acids is 1. The molecule has 1 aromatic rings. The number of carboxylic acid groups (broad SMARTS) is 1. The van der Waals surface area contributed by atoms with Gasteiger partial charge < -0.3 is 14.9 Å². The van der Waals surface area contributed by atoms with Gasteiger partial charge in [-0.1, -0.05) is 12.1 Å². The first-order chi connectivity index (χ1) is 7.95. The van der Waals surface area contributed by atoms with Crippen LogP contribution in [-0.4, -0.2) is 28.2 Å². The number of carbonyl (C=O) groups excluding carboxylic acids is 1. The minimum atomic E-state index is -0.934. The van der Waals surface area contributed by atoms with Crippen LogP contribution in [0.1, 0.15) is 41.6 Å². The number of rotatable bonds is 5. The standard InChI is InChI=1S/C11H16N2O4/c1-4-8(5-9(14)15)12-11(16)10-6(2)13-17-7(10)3/h8H,4-5H2,1-3H3,(H,12,16)(H,14,15). The van der Waals surface area contributed by atoms with Gasteiger partial charge in [0.15, 0.2) is 0 Å². The van der Waals surface area contributed by atoms with Crippen LogP contribution in [0.15, 0.2) is 4.52 Å². The lowest BCUT2D eigenvalue weighted by Crippen LogP contribution is -2.36. The van der Waals surface area contributed by atoms with E-state index in [1.165, 1.54) is 0 Å². The van der Waals surface area contributed by atoms with Crippen LogP contribution in [0.3, 0.4) is 0 Å². The van der Waals surface area contributed by atoms with E-state index in [1.54, 1.807) is 13.8 Å². The van der Waals surface area contributed by atoms with Crippen molar-refractivity contribution in [2.45, 2.75) is 39.7 Å². The maximum Gasteiger partial charge on any atom is 0.305 e. The van der Waals surface area contributed by atoms with Crippen LogP contribution in [0.4, 0.5) is 0 Å². The zero-order valence-corrected chi connectivity index (χ0v) is 10.1. The molecule has 6 nitrogen and oxygen atoms in total. The molecule has 0 aliphatic carbocycles. The third kappa shape index (κ3) is 3.30. The second-order valence-corrected chi connectivity index (χ2v) is 3.88. The van der Waals surface area contributed by atoms with E-state index in [-0.39, 0.29) is 18.4 Å². The summed E-state index contributed by atoms with van der Waals surface area (Å²) in [4.78, 5) is 22.5. The molecule has 2 N–H and O–H groups in total. The molecular weight excluding hydrogens is 224 g/mol. The van der Waals surface area contributed by atoms with Gasteiger partial charge in [0.1, 0.15) is 11.3 Å². The van der Waals surface area contributed by atoms with Crippen molar-refractivity contribution in [2.24, 2.45) is 0 Å². The Bertz CT molecular complexity index is 406. The Kier molecular flexibility index (Phi) is 4.25. The molecule has 0 spiro atoms. The van der Waals surface area contributed by atoms with Crippen LogP contribution in [0.5, 0.6) is 0 Å². The van der Waals surface area contributed by atoms with Crippen molar-refractivity contribution in [2.75, 3.05) is 0 Å². The first-order valence-corrected chi connectivity index (χ1v) is 5.41. The summed E-state index contributed by atoms with van der Waals surface area (Å²) in [6.45, 7) is 5.14. The first-order valence-electron chi connectivity index (χ1n) is 5.41. The van der Waals surface area contributed by atoms with Crippen molar-refractivity contribution in [3.05, 3.63) is 17.0 Å². The number of hydrogen-bond donors (Lipinski definition) is 2. The lowest BCUT2D eigenvalue weighted by molar-refractivity contribution is -0.137. The van der Waals surface area contributed by atoms with Gasteiger partial charge in [-0.3, -0.25) is 9.59 Å². The van der Waals surface area contributed by atoms with Gasteiger partial charge in [-0.25, -0.2) is 0 Å². The Morgan fingerprint density at radius 1 is 1.47 bits per heavy atom. The molecule has 1 aromatic heterocycles. The Morgan fingerprint density at radius 3 is 2.53 bits per heavy atom. The van der Waals surface area contributed by atoms with E-state index in [2.05, 4.69) is 10.5 Å². The topological polar surface area (TPSA) is 92.4 Å². The Balaban J connectivity index is 2.74. The molecule has 0 aromatic carbocycles. The average molecular weight is 240 g/mol. The molecule has 1 heterocycles. The number of nitrogens with zero attached hydrogens (tertiary/aromatic N) is 1. The Hall–Kier alpha value is -1.85. The van der Waals surface area contributed by atoms with Gasteiger partial charge in [0.25, 0.3) is 5.91 Å². The van der Waals surface area contributed by atoms with Gasteiger partial charge >= 0.3 is 5.97 Å². The largest absolute Gasteiger partial charge is 0.481 e. The molecule has 0 saturated carbocycles. The second kappa shape index (κ2) is 5.47. The molecule has 0 fully saturated rings. The van der Waals surface area contributed by atoms with E-state index in [1.807, 2.05) is 6.92 Å². The number of amides is 1. The molecule has 6 heteroatoms. The van der Waals surface area contributed by atoms with E-state index >= 15 is 0 Å². The van der Waals surface area contributed by atoms with Crippen molar-refractivity contribution >= 4 is 11.9 Å². The minimum absolute atomic E-state index is 0.0917. The summed E-state index contributed by atoms with van der Waals surface area (Å²) in [5.74, 6) is -0.838. The number of hydrogen-bond acceptors (Lipinski definition) is 4. The van der Waals surface area contributed by atoms with E-state index < -0.39 is 5.97 Å². The molecule has 0 aliphatic heterocycles. The van der Waals surface area contributed by atoms with Crippen molar-refractivity contribution in [1.29, 1.82) is 0 Å². The zero-order valence-electron chi connectivity index (χ0n) is 10.1. The van der Waals surface area contributed by atoms with Gasteiger partial charge in [0.05, 0.1) is 12.1 Å². The van der Waals surface area contributed by atoms with Crippen LogP contribution < -0.4 is 5.32 Å². The highest BCUT2D eigenvalue weighted by Gasteiger charge is 2.21. The highest BCUT2D eigenvalue weighted by molar-refractivity contribution is 5.96. The molecule has 94 valence electrons. The summed E-state index contributed by atoms with van der Waals surface area (Å²) in [6, 6.07) is -0.381. The molecule has 17 heavy (non-hydrogen) atoms. The first kappa shape index (κ1) is 13.2. The van der Waals surface area contributed by atoms with Gasteiger partial charge in [0, 0.05) is 6.04 Å². The SMILES string of the molecule is CCC(CC(=O)O)NC(=O)c1c(C)noc1C. The second-order valence-electron chi connectivity index (χ2n) is 3.88. The molecule has 0 aliphatic rings. The lowest BCUT2D eigenvalue weighted by Gasteiger charge is -2.14. The molecule has 0 bridgehead atoms. The van der Waals surface area contributed by atoms with Gasteiger partial charge in [-0.2, -0.15) is 0 Å². The Morgan fingerprint density at radius 2 is 2.12 bits per heavy atom. The minimum Gasteiger partial charge on any atom is -0.481 e. The zero-order chi connectivity index (χ0) is 13.0. The Labute approximate surface area is 99.0 Å². The lowest BCUT2D eigenvalue weighted by atomic mass is 10.1. The van der Waals surface area contributed by atoms with Crippen LogP contribution in [-0.2, 0) is 4.79 Å². The molecule has 1 atom stereocenters. The highest BCUT2D eigenvalue weighted by atomic mass is 16.5. The fraction of sp³-hybridized carbons (Fsp3) is 0.545. The number of nitrogens with one attached hydrogen (secondary N) is 1. The summed E-state index contributed by atoms with van der Waals surface area (Å²) >= 11 is 0. The fourth-order valence-corrected chi connectivity index (χ4v) is 1.57. The van der Waals surface area contributed by atoms with Gasteiger partial charge in [0.2, 0.25) is 0 Å². The predicted octanol–water partition coefficient (Wildman–Crippen LogP) is 1.27. The van der Waals surface area contributed by atoms with Crippen molar-refractivity contribution in [3.8, 4) is 0 Å². The predicted molar refractivity (Wildman–Crippen MR) is 59.8 cm³/mol. The van der Waals surface area contributed by atoms with Gasteiger partial charge in [-0.15, -0.1) is 0 Å². The van der Waals surface area contributed by atoms with Crippen LogP contribution in [0.2, 0.25) is 0 Å². The summed E-state index contributed by atoms with van der Waals surface area (Å²) in [5.41, 5.74) is 0.888. The smallest absolute Gasteiger partial charge is 0.305 e.